The summed E-state index contributed by atoms with van der Waals surface area (Å²) in [5.74, 6) is -3.71. The van der Waals surface area contributed by atoms with E-state index in [1.807, 2.05) is 0 Å². The zero-order chi connectivity index (χ0) is 14.9. The second-order valence-electron chi connectivity index (χ2n) is 3.87. The zero-order valence-corrected chi connectivity index (χ0v) is 12.0. The summed E-state index contributed by atoms with van der Waals surface area (Å²) in [7, 11) is 0. The maximum absolute atomic E-state index is 13.2. The van der Waals surface area contributed by atoms with Crippen molar-refractivity contribution in [1.29, 1.82) is 5.26 Å². The summed E-state index contributed by atoms with van der Waals surface area (Å²) in [6.07, 6.45) is 0. The first-order valence-corrected chi connectivity index (χ1v) is 6.84. The number of rotatable bonds is 3. The molecule has 2 nitrogen and oxygen atoms in total. The summed E-state index contributed by atoms with van der Waals surface area (Å²) >= 11 is 12.6. The molecule has 1 heterocycles. The fourth-order valence-electron chi connectivity index (χ4n) is 1.69. The quantitative estimate of drug-likeness (QED) is 0.756. The van der Waals surface area contributed by atoms with Gasteiger partial charge in [0.1, 0.15) is 21.9 Å². The van der Waals surface area contributed by atoms with Gasteiger partial charge in [-0.15, -0.1) is 11.3 Å². The molecule has 1 unspecified atom stereocenters. The van der Waals surface area contributed by atoms with Crippen LogP contribution in [0.5, 0.6) is 0 Å². The van der Waals surface area contributed by atoms with Crippen LogP contribution >= 0.6 is 34.5 Å². The Bertz CT molecular complexity index is 703. The van der Waals surface area contributed by atoms with E-state index in [-0.39, 0.29) is 15.5 Å². The molecule has 2 aromatic rings. The maximum Gasteiger partial charge on any atom is 0.186 e. The molecule has 0 aliphatic rings. The molecule has 0 saturated heterocycles. The second-order valence-corrected chi connectivity index (χ2v) is 6.15. The van der Waals surface area contributed by atoms with Crippen LogP contribution in [0.25, 0.3) is 0 Å². The van der Waals surface area contributed by atoms with E-state index in [1.54, 1.807) is 6.07 Å². The first-order chi connectivity index (χ1) is 9.42. The van der Waals surface area contributed by atoms with E-state index in [0.29, 0.717) is 10.4 Å². The van der Waals surface area contributed by atoms with Gasteiger partial charge in [0.15, 0.2) is 5.78 Å². The van der Waals surface area contributed by atoms with Crippen LogP contribution in [-0.2, 0) is 0 Å². The Kier molecular flexibility index (Phi) is 4.39. The first-order valence-electron chi connectivity index (χ1n) is 5.27. The first kappa shape index (κ1) is 14.9. The fourth-order valence-corrected chi connectivity index (χ4v) is 3.16. The van der Waals surface area contributed by atoms with Crippen molar-refractivity contribution in [1.82, 2.24) is 0 Å². The lowest BCUT2D eigenvalue weighted by Gasteiger charge is -2.08. The second kappa shape index (κ2) is 5.88. The minimum absolute atomic E-state index is 0.0617. The van der Waals surface area contributed by atoms with E-state index in [2.05, 4.69) is 0 Å². The number of nitrogens with zero attached hydrogens (tertiary/aromatic N) is 1. The summed E-state index contributed by atoms with van der Waals surface area (Å²) in [4.78, 5) is 12.2. The number of carbonyl (C=O) groups is 1. The summed E-state index contributed by atoms with van der Waals surface area (Å²) in [6, 6.07) is 5.60. The lowest BCUT2D eigenvalue weighted by atomic mass is 9.93. The fraction of sp³-hybridized carbons (Fsp3) is 0.0769. The molecule has 1 aromatic carbocycles. The van der Waals surface area contributed by atoms with E-state index in [1.165, 1.54) is 6.07 Å². The molecule has 0 aliphatic heterocycles. The van der Waals surface area contributed by atoms with E-state index in [9.17, 15) is 13.6 Å². The van der Waals surface area contributed by atoms with Crippen LogP contribution in [0.3, 0.4) is 0 Å². The molecule has 0 N–H and O–H groups in total. The third kappa shape index (κ3) is 2.98. The maximum atomic E-state index is 13.2. The molecule has 102 valence electrons. The van der Waals surface area contributed by atoms with Crippen LogP contribution in [0.2, 0.25) is 8.67 Å². The Morgan fingerprint density at radius 3 is 2.25 bits per heavy atom. The van der Waals surface area contributed by atoms with Gasteiger partial charge >= 0.3 is 0 Å². The number of Topliss-reactive ketones (excluding diaryl/α,β-unsaturated/α-hetero) is 1. The number of hydrogen-bond acceptors (Lipinski definition) is 3. The minimum atomic E-state index is -1.34. The molecule has 0 radical (unpaired) electrons. The van der Waals surface area contributed by atoms with Crippen molar-refractivity contribution in [3.63, 3.8) is 0 Å². The van der Waals surface area contributed by atoms with Crippen molar-refractivity contribution in [3.8, 4) is 6.07 Å². The number of halogens is 4. The lowest BCUT2D eigenvalue weighted by molar-refractivity contribution is 0.0979. The molecule has 0 saturated carbocycles. The Balaban J connectivity index is 2.45. The molecule has 0 spiro atoms. The predicted octanol–water partition coefficient (Wildman–Crippen LogP) is 4.82. The van der Waals surface area contributed by atoms with Gasteiger partial charge in [-0.25, -0.2) is 8.78 Å². The summed E-state index contributed by atoms with van der Waals surface area (Å²) < 4.78 is 26.8. The van der Waals surface area contributed by atoms with Gasteiger partial charge in [0.05, 0.1) is 16.0 Å². The highest BCUT2D eigenvalue weighted by Crippen LogP contribution is 2.34. The molecule has 0 aliphatic carbocycles. The molecular formula is C13H5Cl2F2NOS. The molecule has 20 heavy (non-hydrogen) atoms. The van der Waals surface area contributed by atoms with Gasteiger partial charge in [0.25, 0.3) is 0 Å². The van der Waals surface area contributed by atoms with Crippen molar-refractivity contribution in [2.75, 3.05) is 0 Å². The van der Waals surface area contributed by atoms with E-state index in [4.69, 9.17) is 28.5 Å². The van der Waals surface area contributed by atoms with Crippen molar-refractivity contribution >= 4 is 40.3 Å². The smallest absolute Gasteiger partial charge is 0.186 e. The minimum Gasteiger partial charge on any atom is -0.292 e. The van der Waals surface area contributed by atoms with Crippen LogP contribution in [0.1, 0.15) is 21.8 Å². The van der Waals surface area contributed by atoms with Crippen LogP contribution in [0.4, 0.5) is 8.78 Å². The normalized spacial score (nSPS) is 11.9. The largest absolute Gasteiger partial charge is 0.292 e. The standard InChI is InChI=1S/C13H5Cl2F2NOS/c14-11-4-9(13(15)20-11)12(19)10(5-18)6-1-7(16)3-8(17)2-6/h1-4,10H. The van der Waals surface area contributed by atoms with E-state index < -0.39 is 23.3 Å². The Morgan fingerprint density at radius 1 is 1.20 bits per heavy atom. The highest BCUT2D eigenvalue weighted by molar-refractivity contribution is 7.20. The third-order valence-electron chi connectivity index (χ3n) is 2.53. The molecule has 0 fully saturated rings. The monoisotopic (exact) mass is 331 g/mol. The summed E-state index contributed by atoms with van der Waals surface area (Å²) in [6.45, 7) is 0. The van der Waals surface area contributed by atoms with Gasteiger partial charge in [-0.2, -0.15) is 5.26 Å². The summed E-state index contributed by atoms with van der Waals surface area (Å²) in [5, 5.41) is 9.10. The van der Waals surface area contributed by atoms with Crippen LogP contribution < -0.4 is 0 Å². The number of ketones is 1. The third-order valence-corrected chi connectivity index (χ3v) is 4.02. The Morgan fingerprint density at radius 2 is 1.80 bits per heavy atom. The van der Waals surface area contributed by atoms with Crippen molar-refractivity contribution in [3.05, 3.63) is 55.7 Å². The number of nitriles is 1. The molecule has 2 rings (SSSR count). The lowest BCUT2D eigenvalue weighted by Crippen LogP contribution is -2.11. The van der Waals surface area contributed by atoms with Gasteiger partial charge < -0.3 is 0 Å². The number of thiophene rings is 1. The molecule has 1 atom stereocenters. The average molecular weight is 332 g/mol. The van der Waals surface area contributed by atoms with Crippen LogP contribution in [0.15, 0.2) is 24.3 Å². The molecule has 0 bridgehead atoms. The van der Waals surface area contributed by atoms with Crippen LogP contribution in [0, 0.1) is 23.0 Å². The zero-order valence-electron chi connectivity index (χ0n) is 9.66. The Hall–Kier alpha value is -1.48. The average Bonchev–Trinajstić information content (AvgIpc) is 2.68. The van der Waals surface area contributed by atoms with Gasteiger partial charge in [-0.05, 0) is 23.8 Å². The molecule has 1 aromatic heterocycles. The highest BCUT2D eigenvalue weighted by Gasteiger charge is 2.26. The van der Waals surface area contributed by atoms with Crippen molar-refractivity contribution < 1.29 is 13.6 Å². The van der Waals surface area contributed by atoms with Gasteiger partial charge in [-0.1, -0.05) is 23.2 Å². The molecule has 0 amide bonds. The molecule has 7 heteroatoms. The topological polar surface area (TPSA) is 40.9 Å². The SMILES string of the molecule is N#CC(C(=O)c1cc(Cl)sc1Cl)c1cc(F)cc(F)c1. The van der Waals surface area contributed by atoms with Gasteiger partial charge in [0, 0.05) is 6.07 Å². The molecular weight excluding hydrogens is 327 g/mol. The van der Waals surface area contributed by atoms with E-state index >= 15 is 0 Å². The number of benzene rings is 1. The Labute approximate surface area is 127 Å². The predicted molar refractivity (Wildman–Crippen MR) is 73.4 cm³/mol. The number of hydrogen-bond donors (Lipinski definition) is 0. The van der Waals surface area contributed by atoms with E-state index in [0.717, 1.165) is 23.5 Å². The van der Waals surface area contributed by atoms with Crippen molar-refractivity contribution in [2.45, 2.75) is 5.92 Å². The summed E-state index contributed by atoms with van der Waals surface area (Å²) in [5.41, 5.74) is 0.00581. The highest BCUT2D eigenvalue weighted by atomic mass is 35.5. The van der Waals surface area contributed by atoms with Crippen molar-refractivity contribution in [2.24, 2.45) is 0 Å². The number of carbonyl (C=O) groups excluding carboxylic acids is 1. The van der Waals surface area contributed by atoms with Gasteiger partial charge in [0.2, 0.25) is 0 Å². The van der Waals surface area contributed by atoms with Gasteiger partial charge in [-0.3, -0.25) is 4.79 Å². The van der Waals surface area contributed by atoms with Crippen LogP contribution in [-0.4, -0.2) is 5.78 Å².